The minimum absolute atomic E-state index is 0.163. The molecule has 2 aromatic carbocycles. The predicted octanol–water partition coefficient (Wildman–Crippen LogP) is 4.62. The second-order valence-corrected chi connectivity index (χ2v) is 8.34. The van der Waals surface area contributed by atoms with Crippen LogP contribution in [0.1, 0.15) is 48.4 Å². The molecule has 2 aliphatic rings. The zero-order chi connectivity index (χ0) is 22.2. The normalized spacial score (nSPS) is 20.5. The molecule has 1 fully saturated rings. The number of benzene rings is 2. The van der Waals surface area contributed by atoms with Gasteiger partial charge < -0.3 is 18.9 Å². The van der Waals surface area contributed by atoms with Crippen molar-refractivity contribution < 1.29 is 23.0 Å². The quantitative estimate of drug-likeness (QED) is 0.537. The lowest BCUT2D eigenvalue weighted by molar-refractivity contribution is -0.128. The number of fused-ring (bicyclic) bond motifs is 3. The van der Waals surface area contributed by atoms with Gasteiger partial charge in [0.05, 0.1) is 23.7 Å². The summed E-state index contributed by atoms with van der Waals surface area (Å²) in [4.78, 5) is 18.5. The van der Waals surface area contributed by atoms with Crippen molar-refractivity contribution in [2.45, 2.75) is 44.9 Å². The highest BCUT2D eigenvalue weighted by molar-refractivity contribution is 5.78. The van der Waals surface area contributed by atoms with Crippen LogP contribution < -0.4 is 4.74 Å². The molecule has 168 valence electrons. The summed E-state index contributed by atoms with van der Waals surface area (Å²) in [6, 6.07) is 12.7. The molecule has 0 spiro atoms. The van der Waals surface area contributed by atoms with Crippen LogP contribution in [0, 0.1) is 6.92 Å². The maximum atomic E-state index is 13.1. The van der Waals surface area contributed by atoms with Crippen LogP contribution in [0.4, 0.5) is 8.78 Å². The molecule has 3 heterocycles. The number of imidazole rings is 1. The fourth-order valence-corrected chi connectivity index (χ4v) is 4.80. The first-order chi connectivity index (χ1) is 15.5. The summed E-state index contributed by atoms with van der Waals surface area (Å²) < 4.78 is 39.2. The molecule has 3 aromatic rings. The number of halogens is 2. The molecule has 0 unspecified atom stereocenters. The standard InChI is InChI=1S/C24H25F2N3O3/c1-15-8-9-17-19(13-15)29-18(16-5-2-3-6-20(16)32-24(25)26)14-21(23(29)27-17)31-12-11-28-10-4-7-22(28)30/h2-3,5-6,8-9,13,18,21,24H,4,7,10-12,14H2,1H3/t18-,21-/m1/s1. The molecule has 2 aliphatic heterocycles. The highest BCUT2D eigenvalue weighted by atomic mass is 19.3. The number of carbonyl (C=O) groups excluding carboxylic acids is 1. The van der Waals surface area contributed by atoms with E-state index in [4.69, 9.17) is 14.5 Å². The van der Waals surface area contributed by atoms with E-state index in [9.17, 15) is 13.6 Å². The fourth-order valence-electron chi connectivity index (χ4n) is 4.80. The van der Waals surface area contributed by atoms with Gasteiger partial charge in [0.1, 0.15) is 17.7 Å². The van der Waals surface area contributed by atoms with E-state index in [0.717, 1.165) is 35.4 Å². The number of aryl methyl sites for hydroxylation is 1. The van der Waals surface area contributed by atoms with Crippen molar-refractivity contribution in [3.05, 3.63) is 59.4 Å². The molecule has 1 saturated heterocycles. The molecule has 0 bridgehead atoms. The van der Waals surface area contributed by atoms with Gasteiger partial charge in [0.2, 0.25) is 5.91 Å². The van der Waals surface area contributed by atoms with Crippen LogP contribution in [0.3, 0.4) is 0 Å². The van der Waals surface area contributed by atoms with Crippen molar-refractivity contribution >= 4 is 16.9 Å². The number of carbonyl (C=O) groups is 1. The molecule has 1 aromatic heterocycles. The Morgan fingerprint density at radius 2 is 2.06 bits per heavy atom. The van der Waals surface area contributed by atoms with Gasteiger partial charge in [-0.15, -0.1) is 0 Å². The highest BCUT2D eigenvalue weighted by Gasteiger charge is 2.37. The van der Waals surface area contributed by atoms with Crippen LogP contribution >= 0.6 is 0 Å². The van der Waals surface area contributed by atoms with E-state index >= 15 is 0 Å². The van der Waals surface area contributed by atoms with Gasteiger partial charge in [-0.1, -0.05) is 24.3 Å². The lowest BCUT2D eigenvalue weighted by Gasteiger charge is -2.19. The minimum atomic E-state index is -2.90. The third-order valence-electron chi connectivity index (χ3n) is 6.25. The monoisotopic (exact) mass is 441 g/mol. The average molecular weight is 441 g/mol. The van der Waals surface area contributed by atoms with Gasteiger partial charge in [0.15, 0.2) is 0 Å². The van der Waals surface area contributed by atoms with Crippen molar-refractivity contribution in [3.8, 4) is 5.75 Å². The summed E-state index contributed by atoms with van der Waals surface area (Å²) in [5.74, 6) is 1.10. The number of amides is 1. The number of ether oxygens (including phenoxy) is 2. The van der Waals surface area contributed by atoms with E-state index in [1.54, 1.807) is 12.1 Å². The predicted molar refractivity (Wildman–Crippen MR) is 115 cm³/mol. The Bertz CT molecular complexity index is 1150. The molecule has 1 amide bonds. The topological polar surface area (TPSA) is 56.6 Å². The molecule has 0 radical (unpaired) electrons. The number of hydrogen-bond donors (Lipinski definition) is 0. The smallest absolute Gasteiger partial charge is 0.387 e. The van der Waals surface area contributed by atoms with Crippen LogP contribution in [-0.2, 0) is 9.53 Å². The Balaban J connectivity index is 1.48. The third-order valence-corrected chi connectivity index (χ3v) is 6.25. The van der Waals surface area contributed by atoms with E-state index in [1.807, 2.05) is 36.1 Å². The van der Waals surface area contributed by atoms with Gasteiger partial charge in [-0.3, -0.25) is 4.79 Å². The van der Waals surface area contributed by atoms with E-state index in [1.165, 1.54) is 0 Å². The molecule has 6 nitrogen and oxygen atoms in total. The van der Waals surface area contributed by atoms with Crippen molar-refractivity contribution in [1.29, 1.82) is 0 Å². The number of para-hydroxylation sites is 1. The summed E-state index contributed by atoms with van der Waals surface area (Å²) in [5, 5.41) is 0. The lowest BCUT2D eigenvalue weighted by Crippen LogP contribution is -2.28. The first-order valence-corrected chi connectivity index (χ1v) is 10.9. The fraction of sp³-hybridized carbons (Fsp3) is 0.417. The van der Waals surface area contributed by atoms with E-state index in [0.29, 0.717) is 31.6 Å². The summed E-state index contributed by atoms with van der Waals surface area (Å²) in [5.41, 5.74) is 3.55. The van der Waals surface area contributed by atoms with Crippen LogP contribution in [-0.4, -0.2) is 46.7 Å². The van der Waals surface area contributed by atoms with Crippen LogP contribution in [0.2, 0.25) is 0 Å². The van der Waals surface area contributed by atoms with Crippen molar-refractivity contribution in [2.75, 3.05) is 19.7 Å². The molecule has 0 saturated carbocycles. The zero-order valence-corrected chi connectivity index (χ0v) is 17.8. The van der Waals surface area contributed by atoms with E-state index in [2.05, 4.69) is 10.6 Å². The molecule has 5 rings (SSSR count). The Morgan fingerprint density at radius 1 is 1.22 bits per heavy atom. The van der Waals surface area contributed by atoms with Crippen molar-refractivity contribution in [3.63, 3.8) is 0 Å². The van der Waals surface area contributed by atoms with Crippen LogP contribution in [0.25, 0.3) is 11.0 Å². The largest absolute Gasteiger partial charge is 0.434 e. The molecule has 0 N–H and O–H groups in total. The molecule has 8 heteroatoms. The number of aromatic nitrogens is 2. The Hall–Kier alpha value is -3.00. The number of hydrogen-bond acceptors (Lipinski definition) is 4. The maximum absolute atomic E-state index is 13.1. The van der Waals surface area contributed by atoms with Crippen LogP contribution in [0.15, 0.2) is 42.5 Å². The Labute approximate surface area is 184 Å². The summed E-state index contributed by atoms with van der Waals surface area (Å²) in [6.07, 6.45) is 1.75. The molecular weight excluding hydrogens is 416 g/mol. The van der Waals surface area contributed by atoms with Gasteiger partial charge >= 0.3 is 6.61 Å². The van der Waals surface area contributed by atoms with Gasteiger partial charge in [0.25, 0.3) is 0 Å². The van der Waals surface area contributed by atoms with Gasteiger partial charge in [-0.25, -0.2) is 4.98 Å². The molecule has 0 aliphatic carbocycles. The van der Waals surface area contributed by atoms with Gasteiger partial charge in [-0.05, 0) is 37.1 Å². The van der Waals surface area contributed by atoms with E-state index in [-0.39, 0.29) is 23.8 Å². The zero-order valence-electron chi connectivity index (χ0n) is 17.8. The van der Waals surface area contributed by atoms with Gasteiger partial charge in [-0.2, -0.15) is 8.78 Å². The Morgan fingerprint density at radius 3 is 2.84 bits per heavy atom. The summed E-state index contributed by atoms with van der Waals surface area (Å²) >= 11 is 0. The van der Waals surface area contributed by atoms with Crippen molar-refractivity contribution in [2.24, 2.45) is 0 Å². The van der Waals surface area contributed by atoms with Crippen molar-refractivity contribution in [1.82, 2.24) is 14.5 Å². The third kappa shape index (κ3) is 3.83. The summed E-state index contributed by atoms with van der Waals surface area (Å²) in [6.45, 7) is 0.832. The highest BCUT2D eigenvalue weighted by Crippen LogP contribution is 2.45. The maximum Gasteiger partial charge on any atom is 0.387 e. The van der Waals surface area contributed by atoms with Gasteiger partial charge in [0, 0.05) is 31.5 Å². The molecule has 2 atom stereocenters. The Kier molecular flexibility index (Phi) is 5.55. The summed E-state index contributed by atoms with van der Waals surface area (Å²) in [7, 11) is 0. The SMILES string of the molecule is Cc1ccc2nc3n(c2c1)[C@@H](c1ccccc1OC(F)F)C[C@H]3OCCN1CCCC1=O. The first-order valence-electron chi connectivity index (χ1n) is 10.9. The number of rotatable bonds is 7. The van der Waals surface area contributed by atoms with Crippen LogP contribution in [0.5, 0.6) is 5.75 Å². The molecular formula is C24H25F2N3O3. The minimum Gasteiger partial charge on any atom is -0.434 e. The second kappa shape index (κ2) is 8.50. The first kappa shape index (κ1) is 20.9. The average Bonchev–Trinajstić information content (AvgIpc) is 3.43. The number of nitrogens with zero attached hydrogens (tertiary/aromatic N) is 3. The lowest BCUT2D eigenvalue weighted by atomic mass is 10.0. The molecule has 32 heavy (non-hydrogen) atoms. The van der Waals surface area contributed by atoms with E-state index < -0.39 is 6.61 Å². The number of likely N-dealkylation sites (tertiary alicyclic amines) is 1. The number of alkyl halides is 2. The second-order valence-electron chi connectivity index (χ2n) is 8.34.